The smallest absolute Gasteiger partial charge is 0.234 e. The molecule has 2 aliphatic rings. The van der Waals surface area contributed by atoms with Crippen molar-refractivity contribution in [1.29, 1.82) is 0 Å². The van der Waals surface area contributed by atoms with Crippen molar-refractivity contribution < 1.29 is 14.0 Å². The van der Waals surface area contributed by atoms with E-state index in [1.165, 1.54) is 18.2 Å². The molecular formula is C18H24FN3O2S. The average molecular weight is 365 g/mol. The number of thioether (sulfide) groups is 1. The van der Waals surface area contributed by atoms with Crippen LogP contribution in [0, 0.1) is 5.82 Å². The zero-order valence-electron chi connectivity index (χ0n) is 14.3. The van der Waals surface area contributed by atoms with Gasteiger partial charge in [-0.2, -0.15) is 0 Å². The van der Waals surface area contributed by atoms with Gasteiger partial charge in [0.15, 0.2) is 0 Å². The third kappa shape index (κ3) is 4.73. The molecule has 7 heteroatoms. The van der Waals surface area contributed by atoms with E-state index in [0.29, 0.717) is 24.3 Å². The topological polar surface area (TPSA) is 61.4 Å². The molecule has 0 saturated carbocycles. The molecule has 0 bridgehead atoms. The lowest BCUT2D eigenvalue weighted by Gasteiger charge is -2.26. The Morgan fingerprint density at radius 2 is 2.00 bits per heavy atom. The predicted octanol–water partition coefficient (Wildman–Crippen LogP) is 2.16. The monoisotopic (exact) mass is 365 g/mol. The van der Waals surface area contributed by atoms with Crippen molar-refractivity contribution in [2.24, 2.45) is 0 Å². The molecule has 0 atom stereocenters. The Kier molecular flexibility index (Phi) is 6.31. The summed E-state index contributed by atoms with van der Waals surface area (Å²) in [6.45, 7) is 3.05. The van der Waals surface area contributed by atoms with Gasteiger partial charge >= 0.3 is 0 Å². The maximum Gasteiger partial charge on any atom is 0.234 e. The van der Waals surface area contributed by atoms with Crippen molar-refractivity contribution in [3.8, 4) is 0 Å². The molecule has 0 spiro atoms. The molecule has 2 N–H and O–H groups in total. The minimum atomic E-state index is -0.332. The van der Waals surface area contributed by atoms with E-state index in [-0.39, 0.29) is 29.1 Å². The molecule has 2 amide bonds. The third-order valence-corrected chi connectivity index (χ3v) is 5.57. The van der Waals surface area contributed by atoms with E-state index in [4.69, 9.17) is 0 Å². The van der Waals surface area contributed by atoms with E-state index >= 15 is 0 Å². The van der Waals surface area contributed by atoms with Crippen LogP contribution in [-0.4, -0.2) is 47.9 Å². The first-order valence-electron chi connectivity index (χ1n) is 8.81. The van der Waals surface area contributed by atoms with Crippen LogP contribution >= 0.6 is 11.8 Å². The van der Waals surface area contributed by atoms with Gasteiger partial charge in [-0.3, -0.25) is 9.59 Å². The van der Waals surface area contributed by atoms with Crippen molar-refractivity contribution in [1.82, 2.24) is 10.2 Å². The fraction of sp³-hybridized carbons (Fsp3) is 0.556. The summed E-state index contributed by atoms with van der Waals surface area (Å²) in [7, 11) is 0. The number of nitrogens with zero attached hydrogens (tertiary/aromatic N) is 1. The highest BCUT2D eigenvalue weighted by molar-refractivity contribution is 8.00. The summed E-state index contributed by atoms with van der Waals surface area (Å²) in [6.07, 6.45) is 3.93. The number of benzene rings is 1. The lowest BCUT2D eigenvalue weighted by Crippen LogP contribution is -2.37. The number of anilines is 1. The number of amides is 2. The van der Waals surface area contributed by atoms with E-state index in [2.05, 4.69) is 10.6 Å². The lowest BCUT2D eigenvalue weighted by atomic mass is 9.99. The Labute approximate surface area is 151 Å². The number of hydrogen-bond donors (Lipinski definition) is 2. The third-order valence-electron chi connectivity index (χ3n) is 4.65. The first kappa shape index (κ1) is 18.2. The highest BCUT2D eigenvalue weighted by atomic mass is 32.2. The van der Waals surface area contributed by atoms with Crippen LogP contribution in [0.4, 0.5) is 10.1 Å². The van der Waals surface area contributed by atoms with Gasteiger partial charge < -0.3 is 15.5 Å². The summed E-state index contributed by atoms with van der Waals surface area (Å²) in [5.41, 5.74) is 1.86. The molecule has 2 aliphatic heterocycles. The number of carbonyl (C=O) groups excluding carboxylic acids is 2. The Bertz CT molecular complexity index is 647. The zero-order valence-corrected chi connectivity index (χ0v) is 15.1. The molecule has 0 radical (unpaired) electrons. The molecular weight excluding hydrogens is 341 g/mol. The molecule has 1 fully saturated rings. The summed E-state index contributed by atoms with van der Waals surface area (Å²) in [5, 5.41) is 5.83. The highest BCUT2D eigenvalue weighted by Crippen LogP contribution is 2.24. The second kappa shape index (κ2) is 8.67. The average Bonchev–Trinajstić information content (AvgIpc) is 2.65. The second-order valence-electron chi connectivity index (χ2n) is 6.47. The summed E-state index contributed by atoms with van der Waals surface area (Å²) in [4.78, 5) is 26.0. The first-order valence-corrected chi connectivity index (χ1v) is 9.97. The minimum Gasteiger partial charge on any atom is -0.342 e. The van der Waals surface area contributed by atoms with Gasteiger partial charge in [-0.25, -0.2) is 4.39 Å². The largest absolute Gasteiger partial charge is 0.342 e. The molecule has 3 rings (SSSR count). The Balaban J connectivity index is 1.47. The van der Waals surface area contributed by atoms with Crippen molar-refractivity contribution in [3.05, 3.63) is 29.1 Å². The number of hydrogen-bond acceptors (Lipinski definition) is 4. The number of halogens is 1. The summed E-state index contributed by atoms with van der Waals surface area (Å²) in [6, 6.07) is 3.47. The van der Waals surface area contributed by atoms with E-state index in [9.17, 15) is 14.0 Å². The van der Waals surface area contributed by atoms with E-state index in [1.54, 1.807) is 6.07 Å². The molecule has 136 valence electrons. The first-order chi connectivity index (χ1) is 12.1. The van der Waals surface area contributed by atoms with Crippen molar-refractivity contribution in [2.75, 3.05) is 36.5 Å². The van der Waals surface area contributed by atoms with Crippen LogP contribution in [0.1, 0.15) is 30.4 Å². The lowest BCUT2D eigenvalue weighted by molar-refractivity contribution is -0.129. The molecule has 1 aromatic carbocycles. The van der Waals surface area contributed by atoms with Crippen LogP contribution in [0.15, 0.2) is 12.1 Å². The normalized spacial score (nSPS) is 17.1. The molecule has 5 nitrogen and oxygen atoms in total. The molecule has 0 unspecified atom stereocenters. The van der Waals surface area contributed by atoms with E-state index in [0.717, 1.165) is 38.0 Å². The summed E-state index contributed by atoms with van der Waals surface area (Å²) >= 11 is 1.28. The Morgan fingerprint density at radius 1 is 1.20 bits per heavy atom. The number of fused-ring (bicyclic) bond motifs is 1. The minimum absolute atomic E-state index is 0.0879. The van der Waals surface area contributed by atoms with Crippen molar-refractivity contribution in [3.63, 3.8) is 0 Å². The van der Waals surface area contributed by atoms with Crippen LogP contribution in [0.25, 0.3) is 0 Å². The standard InChI is InChI=1S/C18H24FN3O2S/c19-18-14-6-7-20-10-13(14)4-5-15(18)21-16(23)11-25-12-17(24)22-8-2-1-3-9-22/h4-5,20H,1-3,6-12H2,(H,21,23). The van der Waals surface area contributed by atoms with E-state index < -0.39 is 0 Å². The fourth-order valence-corrected chi connectivity index (χ4v) is 4.00. The Hall–Kier alpha value is -1.60. The Morgan fingerprint density at radius 3 is 2.80 bits per heavy atom. The van der Waals surface area contributed by atoms with Gasteiger partial charge in [-0.15, -0.1) is 11.8 Å². The van der Waals surface area contributed by atoms with Crippen LogP contribution < -0.4 is 10.6 Å². The number of rotatable bonds is 5. The van der Waals surface area contributed by atoms with Gasteiger partial charge in [0.25, 0.3) is 0 Å². The zero-order chi connectivity index (χ0) is 17.6. The van der Waals surface area contributed by atoms with Gasteiger partial charge in [0.2, 0.25) is 11.8 Å². The van der Waals surface area contributed by atoms with Crippen LogP contribution in [0.3, 0.4) is 0 Å². The molecule has 2 heterocycles. The van der Waals surface area contributed by atoms with Gasteiger partial charge in [0.05, 0.1) is 17.2 Å². The summed E-state index contributed by atoms with van der Waals surface area (Å²) in [5.74, 6) is -0.0698. The number of carbonyl (C=O) groups is 2. The van der Waals surface area contributed by atoms with Crippen LogP contribution in [-0.2, 0) is 22.6 Å². The maximum atomic E-state index is 14.5. The molecule has 0 aromatic heterocycles. The number of nitrogens with one attached hydrogen (secondary N) is 2. The second-order valence-corrected chi connectivity index (χ2v) is 7.46. The van der Waals surface area contributed by atoms with Gasteiger partial charge in [0.1, 0.15) is 5.82 Å². The molecule has 1 aromatic rings. The van der Waals surface area contributed by atoms with Gasteiger partial charge in [-0.1, -0.05) is 6.07 Å². The fourth-order valence-electron chi connectivity index (χ4n) is 3.28. The van der Waals surface area contributed by atoms with Crippen LogP contribution in [0.2, 0.25) is 0 Å². The van der Waals surface area contributed by atoms with Gasteiger partial charge in [-0.05, 0) is 49.4 Å². The molecule has 1 saturated heterocycles. The quantitative estimate of drug-likeness (QED) is 0.839. The number of piperidine rings is 1. The summed E-state index contributed by atoms with van der Waals surface area (Å²) < 4.78 is 14.5. The predicted molar refractivity (Wildman–Crippen MR) is 98.2 cm³/mol. The maximum absolute atomic E-state index is 14.5. The van der Waals surface area contributed by atoms with E-state index in [1.807, 2.05) is 11.0 Å². The molecule has 25 heavy (non-hydrogen) atoms. The number of likely N-dealkylation sites (tertiary alicyclic amines) is 1. The van der Waals surface area contributed by atoms with Crippen molar-refractivity contribution >= 4 is 29.3 Å². The SMILES string of the molecule is O=C(CSCC(=O)N1CCCCC1)Nc1ccc2c(c1F)CCNC2. The van der Waals surface area contributed by atoms with Crippen LogP contribution in [0.5, 0.6) is 0 Å². The highest BCUT2D eigenvalue weighted by Gasteiger charge is 2.19. The van der Waals surface area contributed by atoms with Gasteiger partial charge in [0, 0.05) is 19.6 Å². The van der Waals surface area contributed by atoms with Crippen molar-refractivity contribution in [2.45, 2.75) is 32.2 Å². The molecule has 0 aliphatic carbocycles.